The number of rotatable bonds is 4. The summed E-state index contributed by atoms with van der Waals surface area (Å²) in [4.78, 5) is 14.5. The van der Waals surface area contributed by atoms with E-state index in [2.05, 4.69) is 24.1 Å². The molecule has 0 spiro atoms. The summed E-state index contributed by atoms with van der Waals surface area (Å²) in [6, 6.07) is 4.11. The van der Waals surface area contributed by atoms with Crippen LogP contribution in [0.5, 0.6) is 0 Å². The molecule has 1 aliphatic rings. The Bertz CT molecular complexity index is 509. The van der Waals surface area contributed by atoms with Gasteiger partial charge in [-0.15, -0.1) is 0 Å². The van der Waals surface area contributed by atoms with Crippen molar-refractivity contribution in [3.05, 3.63) is 34.6 Å². The lowest BCUT2D eigenvalue weighted by molar-refractivity contribution is 0.0917. The Hall–Kier alpha value is -1.13. The number of carbonyl (C=O) groups is 1. The van der Waals surface area contributed by atoms with Gasteiger partial charge in [0.2, 0.25) is 0 Å². The van der Waals surface area contributed by atoms with Crippen molar-refractivity contribution in [3.8, 4) is 0 Å². The minimum Gasteiger partial charge on any atom is -0.350 e. The van der Waals surface area contributed by atoms with Gasteiger partial charge in [0, 0.05) is 19.1 Å². The molecule has 21 heavy (non-hydrogen) atoms. The van der Waals surface area contributed by atoms with E-state index >= 15 is 0 Å². The molecule has 1 fully saturated rings. The number of carbonyl (C=O) groups excluding carboxylic acids is 1. The largest absolute Gasteiger partial charge is 0.350 e. The van der Waals surface area contributed by atoms with Gasteiger partial charge in [-0.1, -0.05) is 18.5 Å². The molecule has 0 unspecified atom stereocenters. The predicted octanol–water partition coefficient (Wildman–Crippen LogP) is 3.33. The fraction of sp³-hybridized carbons (Fsp3) is 0.562. The van der Waals surface area contributed by atoms with Crippen molar-refractivity contribution in [3.63, 3.8) is 0 Å². The summed E-state index contributed by atoms with van der Waals surface area (Å²) in [5.74, 6) is 0.0209. The minimum atomic E-state index is -0.438. The average molecular weight is 313 g/mol. The van der Waals surface area contributed by atoms with Gasteiger partial charge in [0.15, 0.2) is 0 Å². The van der Waals surface area contributed by atoms with E-state index in [-0.39, 0.29) is 17.0 Å². The average Bonchev–Trinajstić information content (AvgIpc) is 2.44. The van der Waals surface area contributed by atoms with Gasteiger partial charge in [-0.2, -0.15) is 0 Å². The third-order valence-electron chi connectivity index (χ3n) is 4.05. The third-order valence-corrected chi connectivity index (χ3v) is 4.36. The van der Waals surface area contributed by atoms with Crippen molar-refractivity contribution < 1.29 is 9.18 Å². The number of likely N-dealkylation sites (tertiary alicyclic amines) is 1. The highest BCUT2D eigenvalue weighted by Gasteiger charge is 2.21. The summed E-state index contributed by atoms with van der Waals surface area (Å²) in [6.45, 7) is 7.10. The molecule has 1 saturated heterocycles. The second-order valence-electron chi connectivity index (χ2n) is 5.93. The van der Waals surface area contributed by atoms with Gasteiger partial charge in [-0.05, 0) is 50.4 Å². The number of nitrogens with one attached hydrogen (secondary N) is 1. The molecule has 116 valence electrons. The summed E-state index contributed by atoms with van der Waals surface area (Å²) in [5, 5.41) is 3.03. The smallest absolute Gasteiger partial charge is 0.252 e. The second kappa shape index (κ2) is 7.23. The molecule has 0 saturated carbocycles. The van der Waals surface area contributed by atoms with Crippen molar-refractivity contribution in [2.24, 2.45) is 5.92 Å². The first-order valence-corrected chi connectivity index (χ1v) is 7.82. The first-order valence-electron chi connectivity index (χ1n) is 7.44. The summed E-state index contributed by atoms with van der Waals surface area (Å²) >= 11 is 5.90. The van der Waals surface area contributed by atoms with Crippen molar-refractivity contribution >= 4 is 17.5 Å². The maximum Gasteiger partial charge on any atom is 0.252 e. The Morgan fingerprint density at radius 3 is 3.00 bits per heavy atom. The van der Waals surface area contributed by atoms with Crippen LogP contribution in [0.2, 0.25) is 5.02 Å². The molecule has 0 aliphatic carbocycles. The Kier molecular flexibility index (Phi) is 5.59. The number of hydrogen-bond acceptors (Lipinski definition) is 2. The summed E-state index contributed by atoms with van der Waals surface area (Å²) < 4.78 is 13.0. The van der Waals surface area contributed by atoms with Crippen molar-refractivity contribution in [1.82, 2.24) is 10.2 Å². The van der Waals surface area contributed by atoms with E-state index in [0.717, 1.165) is 19.2 Å². The lowest BCUT2D eigenvalue weighted by Crippen LogP contribution is -2.46. The first kappa shape index (κ1) is 16.2. The highest BCUT2D eigenvalue weighted by atomic mass is 35.5. The van der Waals surface area contributed by atoms with Crippen molar-refractivity contribution in [2.45, 2.75) is 32.7 Å². The van der Waals surface area contributed by atoms with Gasteiger partial charge in [0.05, 0.1) is 10.6 Å². The molecule has 2 atom stereocenters. The van der Waals surface area contributed by atoms with Gasteiger partial charge in [0.1, 0.15) is 5.82 Å². The molecule has 1 aromatic carbocycles. The highest BCUT2D eigenvalue weighted by Crippen LogP contribution is 2.18. The van der Waals surface area contributed by atoms with Gasteiger partial charge < -0.3 is 5.32 Å². The van der Waals surface area contributed by atoms with E-state index in [9.17, 15) is 9.18 Å². The molecule has 1 aromatic rings. The fourth-order valence-electron chi connectivity index (χ4n) is 2.76. The molecule has 1 amide bonds. The predicted molar refractivity (Wildman–Crippen MR) is 83.2 cm³/mol. The van der Waals surface area contributed by atoms with Gasteiger partial charge in [-0.25, -0.2) is 4.39 Å². The maximum atomic E-state index is 13.0. The molecular weight excluding hydrogens is 291 g/mol. The van der Waals surface area contributed by atoms with Gasteiger partial charge in [0.25, 0.3) is 5.91 Å². The van der Waals surface area contributed by atoms with Crippen LogP contribution >= 0.6 is 11.6 Å². The lowest BCUT2D eigenvalue weighted by atomic mass is 9.99. The molecule has 1 heterocycles. The molecule has 0 bridgehead atoms. The Balaban J connectivity index is 1.88. The van der Waals surface area contributed by atoms with E-state index in [4.69, 9.17) is 11.6 Å². The highest BCUT2D eigenvalue weighted by molar-refractivity contribution is 6.33. The molecule has 3 nitrogen and oxygen atoms in total. The zero-order valence-corrected chi connectivity index (χ0v) is 13.3. The summed E-state index contributed by atoms with van der Waals surface area (Å²) in [6.07, 6.45) is 2.49. The van der Waals surface area contributed by atoms with Gasteiger partial charge in [-0.3, -0.25) is 9.69 Å². The fourth-order valence-corrected chi connectivity index (χ4v) is 3.02. The molecule has 0 radical (unpaired) electrons. The van der Waals surface area contributed by atoms with Crippen LogP contribution in [0.25, 0.3) is 0 Å². The quantitative estimate of drug-likeness (QED) is 0.925. The zero-order valence-electron chi connectivity index (χ0n) is 12.5. The topological polar surface area (TPSA) is 32.3 Å². The Morgan fingerprint density at radius 1 is 1.57 bits per heavy atom. The van der Waals surface area contributed by atoms with E-state index < -0.39 is 5.82 Å². The third kappa shape index (κ3) is 4.42. The number of amides is 1. The molecular formula is C16H22ClFN2O. The van der Waals surface area contributed by atoms with Crippen LogP contribution in [0.15, 0.2) is 18.2 Å². The first-order chi connectivity index (χ1) is 9.97. The number of piperidine rings is 1. The Morgan fingerprint density at radius 2 is 2.33 bits per heavy atom. The number of nitrogens with zero attached hydrogens (tertiary/aromatic N) is 1. The summed E-state index contributed by atoms with van der Waals surface area (Å²) in [5.41, 5.74) is 0.317. The monoisotopic (exact) mass is 312 g/mol. The van der Waals surface area contributed by atoms with E-state index in [1.807, 2.05) is 0 Å². The molecule has 1 aliphatic heterocycles. The number of hydrogen-bond donors (Lipinski definition) is 1. The number of benzene rings is 1. The number of halogens is 2. The van der Waals surface area contributed by atoms with E-state index in [0.29, 0.717) is 18.0 Å². The lowest BCUT2D eigenvalue weighted by Gasteiger charge is -2.35. The molecule has 5 heteroatoms. The van der Waals surface area contributed by atoms with Crippen LogP contribution < -0.4 is 5.32 Å². The van der Waals surface area contributed by atoms with Crippen molar-refractivity contribution in [2.75, 3.05) is 19.6 Å². The zero-order chi connectivity index (χ0) is 15.4. The standard InChI is InChI=1S/C16H22ClFN2O/c1-11-4-3-7-20(10-11)12(2)9-19-16(21)14-6-5-13(18)8-15(14)17/h5-6,8,11-12H,3-4,7,9-10H2,1-2H3,(H,19,21)/t11-,12+/m0/s1. The molecule has 0 aromatic heterocycles. The van der Waals surface area contributed by atoms with E-state index in [1.165, 1.54) is 25.0 Å². The van der Waals surface area contributed by atoms with Crippen molar-refractivity contribution in [1.29, 1.82) is 0 Å². The molecule has 2 rings (SSSR count). The maximum absolute atomic E-state index is 13.0. The van der Waals surface area contributed by atoms with Crippen LogP contribution in [-0.4, -0.2) is 36.5 Å². The Labute approximate surface area is 130 Å². The van der Waals surface area contributed by atoms with Crippen LogP contribution in [0, 0.1) is 11.7 Å². The molecule has 1 N–H and O–H groups in total. The van der Waals surface area contributed by atoms with E-state index in [1.54, 1.807) is 0 Å². The SMILES string of the molecule is C[C@H]1CCCN([C@H](C)CNC(=O)c2ccc(F)cc2Cl)C1. The second-order valence-corrected chi connectivity index (χ2v) is 6.33. The van der Waals surface area contributed by atoms with Gasteiger partial charge >= 0.3 is 0 Å². The summed E-state index contributed by atoms with van der Waals surface area (Å²) in [7, 11) is 0. The normalized spacial score (nSPS) is 21.0. The van der Waals surface area contributed by atoms with Crippen LogP contribution in [0.4, 0.5) is 4.39 Å². The minimum absolute atomic E-state index is 0.145. The van der Waals surface area contributed by atoms with Crippen LogP contribution in [0.3, 0.4) is 0 Å². The van der Waals surface area contributed by atoms with Crippen LogP contribution in [0.1, 0.15) is 37.0 Å². The van der Waals surface area contributed by atoms with Crippen LogP contribution in [-0.2, 0) is 0 Å².